The first kappa shape index (κ1) is 24.0. The average molecular weight is 437 g/mol. The summed E-state index contributed by atoms with van der Waals surface area (Å²) < 4.78 is 76.1. The minimum atomic E-state index is -4.29. The molecule has 0 atom stereocenters. The van der Waals surface area contributed by atoms with Crippen LogP contribution in [0.2, 0.25) is 0 Å². The van der Waals surface area contributed by atoms with Crippen molar-refractivity contribution in [3.8, 4) is 0 Å². The molecule has 0 radical (unpaired) electrons. The van der Waals surface area contributed by atoms with Gasteiger partial charge in [-0.1, -0.05) is 30.3 Å². The van der Waals surface area contributed by atoms with Gasteiger partial charge in [0.2, 0.25) is 0 Å². The van der Waals surface area contributed by atoms with E-state index in [0.717, 1.165) is 0 Å². The first-order valence-electron chi connectivity index (χ1n) is 6.45. The Morgan fingerprint density at radius 3 is 1.96 bits per heavy atom. The van der Waals surface area contributed by atoms with Crippen molar-refractivity contribution in [1.29, 1.82) is 0 Å². The lowest BCUT2D eigenvalue weighted by Gasteiger charge is -2.00. The van der Waals surface area contributed by atoms with E-state index in [1.807, 2.05) is 0 Å². The fourth-order valence-corrected chi connectivity index (χ4v) is 4.06. The minimum Gasteiger partial charge on any atom is -0.395 e. The first-order valence-corrected chi connectivity index (χ1v) is 11.6. The van der Waals surface area contributed by atoms with E-state index >= 15 is 0 Å². The van der Waals surface area contributed by atoms with E-state index in [-0.39, 0.29) is 5.88 Å². The molecule has 0 bridgehead atoms. The third-order valence-electron chi connectivity index (χ3n) is 2.10. The maximum atomic E-state index is 11.4. The van der Waals surface area contributed by atoms with Crippen LogP contribution < -0.4 is 0 Å². The number of hydrogen-bond acceptors (Lipinski definition) is 8. The van der Waals surface area contributed by atoms with Crippen molar-refractivity contribution in [1.82, 2.24) is 0 Å². The van der Waals surface area contributed by atoms with Crippen LogP contribution in [0.25, 0.3) is 6.08 Å². The molecule has 0 saturated heterocycles. The summed E-state index contributed by atoms with van der Waals surface area (Å²) in [5.41, 5.74) is 0.611. The first-order chi connectivity index (χ1) is 11.4. The van der Waals surface area contributed by atoms with E-state index in [0.29, 0.717) is 11.0 Å². The Bertz CT molecular complexity index is 844. The maximum Gasteiger partial charge on any atom is 0.304 e. The number of halogens is 1. The molecule has 0 spiro atoms. The van der Waals surface area contributed by atoms with Crippen LogP contribution >= 0.6 is 11.6 Å². The van der Waals surface area contributed by atoms with E-state index < -0.39 is 48.5 Å². The van der Waals surface area contributed by atoms with Crippen LogP contribution in [-0.4, -0.2) is 58.9 Å². The van der Waals surface area contributed by atoms with Crippen LogP contribution in [0, 0.1) is 0 Å². The van der Waals surface area contributed by atoms with Gasteiger partial charge >= 0.3 is 10.1 Å². The molecule has 0 heterocycles. The Hall–Kier alpha value is -1.02. The second-order valence-corrected chi connectivity index (χ2v) is 9.51. The fraction of sp³-hybridized carbons (Fsp3) is 0.333. The highest BCUT2D eigenvalue weighted by atomic mass is 35.5. The average Bonchev–Trinajstić information content (AvgIpc) is 2.44. The van der Waals surface area contributed by atoms with Crippen molar-refractivity contribution in [3.05, 3.63) is 41.3 Å². The van der Waals surface area contributed by atoms with E-state index in [9.17, 15) is 25.3 Å². The molecule has 25 heavy (non-hydrogen) atoms. The van der Waals surface area contributed by atoms with Gasteiger partial charge in [0, 0.05) is 5.88 Å². The van der Waals surface area contributed by atoms with Crippen LogP contribution in [0.5, 0.6) is 0 Å². The van der Waals surface area contributed by atoms with E-state index in [1.54, 1.807) is 30.3 Å². The summed E-state index contributed by atoms with van der Waals surface area (Å²) >= 11 is 5.22. The molecule has 0 aliphatic carbocycles. The molecule has 1 aromatic rings. The Balaban J connectivity index is 0.000000697. The highest BCUT2D eigenvalue weighted by Gasteiger charge is 2.19. The summed E-state index contributed by atoms with van der Waals surface area (Å²) in [5.74, 6) is -1.37. The lowest BCUT2D eigenvalue weighted by atomic mass is 10.2. The number of benzene rings is 1. The van der Waals surface area contributed by atoms with Crippen molar-refractivity contribution < 1.29 is 38.5 Å². The highest BCUT2D eigenvalue weighted by molar-refractivity contribution is 8.01. The summed E-state index contributed by atoms with van der Waals surface area (Å²) in [6.07, 6.45) is 1.24. The van der Waals surface area contributed by atoms with Crippen molar-refractivity contribution in [2.24, 2.45) is 0 Å². The summed E-state index contributed by atoms with van der Waals surface area (Å²) in [5, 5.41) is 8.55. The third-order valence-corrected chi connectivity index (χ3v) is 5.97. The molecule has 0 aromatic heterocycles. The van der Waals surface area contributed by atoms with E-state index in [4.69, 9.17) is 21.3 Å². The molecular weight excluding hydrogens is 420 g/mol. The van der Waals surface area contributed by atoms with Gasteiger partial charge in [0.15, 0.2) is 0 Å². The summed E-state index contributed by atoms with van der Waals surface area (Å²) in [6, 6.07) is 8.54. The Labute approximate surface area is 151 Å². The van der Waals surface area contributed by atoms with Gasteiger partial charge in [-0.25, -0.2) is 0 Å². The zero-order valence-corrected chi connectivity index (χ0v) is 15.9. The largest absolute Gasteiger partial charge is 0.395 e. The summed E-state index contributed by atoms with van der Waals surface area (Å²) in [7, 11) is -12.4. The molecule has 144 valence electrons. The van der Waals surface area contributed by atoms with Crippen LogP contribution in [0.1, 0.15) is 5.56 Å². The highest BCUT2D eigenvalue weighted by Crippen LogP contribution is 2.08. The Kier molecular flexibility index (Phi) is 10.4. The molecule has 0 amide bonds. The van der Waals surface area contributed by atoms with Crippen LogP contribution in [0.3, 0.4) is 0 Å². The summed E-state index contributed by atoms with van der Waals surface area (Å²) in [6.45, 7) is -0.529. The van der Waals surface area contributed by atoms with Gasteiger partial charge in [-0.2, -0.15) is 25.3 Å². The standard InChI is InChI=1S/C10H11ClO5S2.C2H6O4S/c11-7-9-18(14,15)16-17(12,13)8-6-10-4-2-1-3-5-10;3-1-2-7(4,5)6/h1-6,8H,7,9H2;3H,1-2H2,(H,4,5,6). The zero-order valence-electron chi connectivity index (χ0n) is 12.7. The van der Waals surface area contributed by atoms with Gasteiger partial charge in [0.05, 0.1) is 23.5 Å². The topological polar surface area (TPSA) is 152 Å². The van der Waals surface area contributed by atoms with Crippen molar-refractivity contribution in [3.63, 3.8) is 0 Å². The van der Waals surface area contributed by atoms with Crippen LogP contribution in [0.15, 0.2) is 35.7 Å². The number of aliphatic hydroxyl groups is 1. The minimum absolute atomic E-state index is 0.236. The molecule has 0 fully saturated rings. The molecule has 13 heteroatoms. The fourth-order valence-electron chi connectivity index (χ4n) is 1.14. The van der Waals surface area contributed by atoms with Gasteiger partial charge in [-0.3, -0.25) is 4.55 Å². The van der Waals surface area contributed by atoms with E-state index in [2.05, 4.69) is 3.63 Å². The molecule has 0 aliphatic rings. The predicted octanol–water partition coefficient (Wildman–Crippen LogP) is 0.439. The smallest absolute Gasteiger partial charge is 0.304 e. The quantitative estimate of drug-likeness (QED) is 0.436. The molecule has 2 N–H and O–H groups in total. The molecule has 1 aromatic carbocycles. The number of alkyl halides is 1. The predicted molar refractivity (Wildman–Crippen MR) is 93.5 cm³/mol. The maximum absolute atomic E-state index is 11.4. The van der Waals surface area contributed by atoms with Gasteiger partial charge in [0.1, 0.15) is 0 Å². The number of aliphatic hydroxyl groups excluding tert-OH is 1. The van der Waals surface area contributed by atoms with E-state index in [1.165, 1.54) is 6.08 Å². The van der Waals surface area contributed by atoms with Crippen molar-refractivity contribution >= 4 is 48.0 Å². The molecule has 1 rings (SSSR count). The van der Waals surface area contributed by atoms with Gasteiger partial charge in [0.25, 0.3) is 20.2 Å². The normalized spacial score (nSPS) is 12.6. The van der Waals surface area contributed by atoms with Crippen LogP contribution in [-0.2, 0) is 34.0 Å². The molecular formula is C12H17ClO9S3. The number of hydrogen-bond donors (Lipinski definition) is 2. The Morgan fingerprint density at radius 1 is 1.00 bits per heavy atom. The van der Waals surface area contributed by atoms with Gasteiger partial charge in [-0.05, 0) is 11.6 Å². The van der Waals surface area contributed by atoms with Crippen molar-refractivity contribution in [2.75, 3.05) is 24.0 Å². The van der Waals surface area contributed by atoms with Gasteiger partial charge in [-0.15, -0.1) is 15.2 Å². The third kappa shape index (κ3) is 13.9. The second kappa shape index (κ2) is 10.9. The molecule has 0 unspecified atom stereocenters. The number of rotatable bonds is 8. The Morgan fingerprint density at radius 2 is 1.56 bits per heavy atom. The second-order valence-electron chi connectivity index (χ2n) is 4.23. The van der Waals surface area contributed by atoms with Crippen molar-refractivity contribution in [2.45, 2.75) is 0 Å². The SMILES string of the molecule is O=S(=O)(C=Cc1ccccc1)OS(=O)(=O)CCCl.O=S(=O)(O)CCO. The zero-order chi connectivity index (χ0) is 19.6. The molecule has 0 aliphatic heterocycles. The van der Waals surface area contributed by atoms with Crippen LogP contribution in [0.4, 0.5) is 0 Å². The lowest BCUT2D eigenvalue weighted by molar-refractivity contribution is 0.315. The molecule has 0 saturated carbocycles. The molecule has 9 nitrogen and oxygen atoms in total. The monoisotopic (exact) mass is 436 g/mol. The lowest BCUT2D eigenvalue weighted by Crippen LogP contribution is -2.15. The van der Waals surface area contributed by atoms with Gasteiger partial charge < -0.3 is 5.11 Å². The summed E-state index contributed by atoms with van der Waals surface area (Å²) in [4.78, 5) is 0.